The molecule has 4 atom stereocenters. The number of amides is 1. The van der Waals surface area contributed by atoms with Crippen molar-refractivity contribution in [2.24, 2.45) is 23.7 Å². The molecule has 0 saturated heterocycles. The minimum atomic E-state index is -0.847. The van der Waals surface area contributed by atoms with Gasteiger partial charge in [-0.05, 0) is 56.2 Å². The summed E-state index contributed by atoms with van der Waals surface area (Å²) in [4.78, 5) is 28.4. The number of nitrogens with zero attached hydrogens (tertiary/aromatic N) is 1. The zero-order chi connectivity index (χ0) is 16.6. The zero-order valence-corrected chi connectivity index (χ0v) is 13.5. The van der Waals surface area contributed by atoms with E-state index in [1.165, 1.54) is 11.1 Å². The lowest BCUT2D eigenvalue weighted by atomic mass is 9.78. The molecule has 1 amide bonds. The second-order valence-electron chi connectivity index (χ2n) is 6.71. The minimum absolute atomic E-state index is 0.0270. The molecule has 122 valence electrons. The van der Waals surface area contributed by atoms with Crippen LogP contribution in [0.25, 0.3) is 0 Å². The molecule has 2 N–H and O–H groups in total. The Labute approximate surface area is 135 Å². The summed E-state index contributed by atoms with van der Waals surface area (Å²) in [6.07, 6.45) is 5.17. The van der Waals surface area contributed by atoms with Crippen molar-refractivity contribution < 1.29 is 14.7 Å². The Hall–Kier alpha value is -2.17. The summed E-state index contributed by atoms with van der Waals surface area (Å²) in [6, 6.07) is 3.69. The van der Waals surface area contributed by atoms with Gasteiger partial charge in [-0.15, -0.1) is 0 Å². The summed E-state index contributed by atoms with van der Waals surface area (Å²) in [5, 5.41) is 12.5. The maximum atomic E-state index is 12.7. The molecule has 0 radical (unpaired) electrons. The van der Waals surface area contributed by atoms with Gasteiger partial charge in [0.1, 0.15) is 0 Å². The van der Waals surface area contributed by atoms with E-state index < -0.39 is 17.8 Å². The van der Waals surface area contributed by atoms with E-state index in [0.29, 0.717) is 6.54 Å². The maximum absolute atomic E-state index is 12.7. The van der Waals surface area contributed by atoms with Crippen molar-refractivity contribution in [3.05, 3.63) is 41.2 Å². The lowest BCUT2D eigenvalue weighted by Gasteiger charge is -2.26. The van der Waals surface area contributed by atoms with Crippen LogP contribution in [0.4, 0.5) is 0 Å². The Balaban J connectivity index is 1.79. The first kappa shape index (κ1) is 15.7. The summed E-state index contributed by atoms with van der Waals surface area (Å²) < 4.78 is 0. The molecule has 0 spiro atoms. The molecule has 1 heterocycles. The Morgan fingerprint density at radius 3 is 2.35 bits per heavy atom. The normalized spacial score (nSPS) is 28.7. The van der Waals surface area contributed by atoms with Crippen LogP contribution in [0.3, 0.4) is 0 Å². The molecule has 3 rings (SSSR count). The predicted octanol–water partition coefficient (Wildman–Crippen LogP) is 2.39. The van der Waals surface area contributed by atoms with E-state index in [0.717, 1.165) is 18.4 Å². The number of pyridine rings is 1. The maximum Gasteiger partial charge on any atom is 0.307 e. The number of hydrogen-bond donors (Lipinski definition) is 2. The average Bonchev–Trinajstić information content (AvgIpc) is 3.09. The first-order valence-electron chi connectivity index (χ1n) is 8.07. The van der Waals surface area contributed by atoms with Gasteiger partial charge < -0.3 is 10.4 Å². The van der Waals surface area contributed by atoms with Crippen LogP contribution in [0.2, 0.25) is 0 Å². The van der Waals surface area contributed by atoms with Crippen LogP contribution in [0.5, 0.6) is 0 Å². The molecule has 2 fully saturated rings. The monoisotopic (exact) mass is 314 g/mol. The second-order valence-corrected chi connectivity index (χ2v) is 6.71. The van der Waals surface area contributed by atoms with Crippen LogP contribution in [-0.4, -0.2) is 22.0 Å². The molecule has 2 saturated carbocycles. The van der Waals surface area contributed by atoms with Crippen LogP contribution in [0.1, 0.15) is 32.3 Å². The molecule has 5 nitrogen and oxygen atoms in total. The van der Waals surface area contributed by atoms with E-state index in [1.807, 2.05) is 26.0 Å². The van der Waals surface area contributed by atoms with Crippen molar-refractivity contribution in [1.82, 2.24) is 10.3 Å². The summed E-state index contributed by atoms with van der Waals surface area (Å²) in [6.45, 7) is 4.46. The highest BCUT2D eigenvalue weighted by atomic mass is 16.4. The molecular weight excluding hydrogens is 292 g/mol. The second kappa shape index (κ2) is 6.14. The number of carboxylic acids is 1. The predicted molar refractivity (Wildman–Crippen MR) is 85.3 cm³/mol. The number of aromatic nitrogens is 1. The quantitative estimate of drug-likeness (QED) is 0.836. The highest BCUT2D eigenvalue weighted by molar-refractivity contribution is 5.87. The van der Waals surface area contributed by atoms with Crippen molar-refractivity contribution in [1.29, 1.82) is 0 Å². The Morgan fingerprint density at radius 2 is 1.78 bits per heavy atom. The molecular formula is C18H22N2O3. The van der Waals surface area contributed by atoms with Crippen LogP contribution < -0.4 is 5.32 Å². The smallest absolute Gasteiger partial charge is 0.307 e. The average molecular weight is 314 g/mol. The van der Waals surface area contributed by atoms with Gasteiger partial charge >= 0.3 is 5.97 Å². The standard InChI is InChI=1S/C18H22N2O3/c1-10(2)14-12-3-4-13(14)16(18(22)23)15(12)17(21)20-9-11-5-7-19-8-6-11/h5-8,12-13,15-16H,3-4,9H2,1-2H3,(H,20,21)(H,22,23). The van der Waals surface area contributed by atoms with Crippen molar-refractivity contribution in [2.75, 3.05) is 0 Å². The summed E-state index contributed by atoms with van der Waals surface area (Å²) >= 11 is 0. The zero-order valence-electron chi connectivity index (χ0n) is 13.5. The van der Waals surface area contributed by atoms with Crippen molar-refractivity contribution >= 4 is 11.9 Å². The van der Waals surface area contributed by atoms with Gasteiger partial charge in [0.05, 0.1) is 11.8 Å². The molecule has 1 aromatic rings. The van der Waals surface area contributed by atoms with Crippen LogP contribution >= 0.6 is 0 Å². The molecule has 2 bridgehead atoms. The Morgan fingerprint density at radius 1 is 1.17 bits per heavy atom. The molecule has 2 aliphatic carbocycles. The van der Waals surface area contributed by atoms with Gasteiger partial charge in [0.2, 0.25) is 5.91 Å². The fourth-order valence-electron chi connectivity index (χ4n) is 4.41. The number of nitrogens with one attached hydrogen (secondary N) is 1. The van der Waals surface area contributed by atoms with E-state index in [9.17, 15) is 14.7 Å². The van der Waals surface area contributed by atoms with E-state index in [4.69, 9.17) is 0 Å². The first-order chi connectivity index (χ1) is 11.0. The van der Waals surface area contributed by atoms with E-state index >= 15 is 0 Å². The van der Waals surface area contributed by atoms with Crippen LogP contribution in [-0.2, 0) is 16.1 Å². The van der Waals surface area contributed by atoms with Gasteiger partial charge in [0.15, 0.2) is 0 Å². The van der Waals surface area contributed by atoms with Crippen molar-refractivity contribution in [3.63, 3.8) is 0 Å². The molecule has 1 aromatic heterocycles. The summed E-state index contributed by atoms with van der Waals surface area (Å²) in [5.74, 6) is -1.91. The van der Waals surface area contributed by atoms with Crippen LogP contribution in [0, 0.1) is 23.7 Å². The minimum Gasteiger partial charge on any atom is -0.481 e. The first-order valence-corrected chi connectivity index (χ1v) is 8.07. The lowest BCUT2D eigenvalue weighted by molar-refractivity contribution is -0.149. The lowest BCUT2D eigenvalue weighted by Crippen LogP contribution is -2.41. The molecule has 23 heavy (non-hydrogen) atoms. The molecule has 5 heteroatoms. The number of carbonyl (C=O) groups is 2. The van der Waals surface area contributed by atoms with Gasteiger partial charge in [-0.25, -0.2) is 0 Å². The number of carboxylic acid groups (broad SMARTS) is 1. The van der Waals surface area contributed by atoms with Crippen molar-refractivity contribution in [3.8, 4) is 0 Å². The largest absolute Gasteiger partial charge is 0.481 e. The third-order valence-corrected chi connectivity index (χ3v) is 5.22. The van der Waals surface area contributed by atoms with Crippen LogP contribution in [0.15, 0.2) is 35.7 Å². The Kier molecular flexibility index (Phi) is 4.20. The van der Waals surface area contributed by atoms with Gasteiger partial charge in [-0.1, -0.05) is 11.1 Å². The van der Waals surface area contributed by atoms with E-state index in [1.54, 1.807) is 12.4 Å². The summed E-state index contributed by atoms with van der Waals surface area (Å²) in [7, 11) is 0. The van der Waals surface area contributed by atoms with Crippen molar-refractivity contribution in [2.45, 2.75) is 33.2 Å². The van der Waals surface area contributed by atoms with E-state index in [-0.39, 0.29) is 17.7 Å². The fraction of sp³-hybridized carbons (Fsp3) is 0.500. The fourth-order valence-corrected chi connectivity index (χ4v) is 4.41. The SMILES string of the molecule is CC(C)=C1C2CCC1C(C(=O)NCc1ccncc1)C2C(=O)O. The van der Waals surface area contributed by atoms with Gasteiger partial charge in [-0.3, -0.25) is 14.6 Å². The number of hydrogen-bond acceptors (Lipinski definition) is 3. The number of carbonyl (C=O) groups excluding carboxylic acids is 1. The number of aliphatic carboxylic acids is 1. The van der Waals surface area contributed by atoms with Gasteiger partial charge in [0, 0.05) is 18.9 Å². The topological polar surface area (TPSA) is 79.3 Å². The molecule has 4 unspecified atom stereocenters. The highest BCUT2D eigenvalue weighted by Crippen LogP contribution is 2.57. The molecule has 0 aromatic carbocycles. The summed E-state index contributed by atoms with van der Waals surface area (Å²) in [5.41, 5.74) is 3.35. The number of rotatable bonds is 4. The molecule has 2 aliphatic rings. The number of fused-ring (bicyclic) bond motifs is 2. The highest BCUT2D eigenvalue weighted by Gasteiger charge is 2.57. The third kappa shape index (κ3) is 2.76. The third-order valence-electron chi connectivity index (χ3n) is 5.22. The van der Waals surface area contributed by atoms with Gasteiger partial charge in [-0.2, -0.15) is 0 Å². The Bertz CT molecular complexity index is 649. The molecule has 0 aliphatic heterocycles. The van der Waals surface area contributed by atoms with Gasteiger partial charge in [0.25, 0.3) is 0 Å². The van der Waals surface area contributed by atoms with E-state index in [2.05, 4.69) is 10.3 Å². The number of allylic oxidation sites excluding steroid dienone is 2.